The van der Waals surface area contributed by atoms with E-state index in [2.05, 4.69) is 15.5 Å². The van der Waals surface area contributed by atoms with Crippen LogP contribution in [0.1, 0.15) is 10.4 Å². The van der Waals surface area contributed by atoms with E-state index < -0.39 is 0 Å². The van der Waals surface area contributed by atoms with E-state index in [0.717, 1.165) is 11.3 Å². The van der Waals surface area contributed by atoms with Crippen LogP contribution in [0.15, 0.2) is 60.8 Å². The van der Waals surface area contributed by atoms with Crippen molar-refractivity contribution < 1.29 is 4.79 Å². The number of H-pyrrole nitrogens is 1. The van der Waals surface area contributed by atoms with Crippen molar-refractivity contribution in [3.63, 3.8) is 0 Å². The zero-order valence-corrected chi connectivity index (χ0v) is 11.2. The summed E-state index contributed by atoms with van der Waals surface area (Å²) in [6.07, 6.45) is 1.70. The number of rotatable bonds is 3. The van der Waals surface area contributed by atoms with Gasteiger partial charge in [0.05, 0.1) is 11.3 Å². The van der Waals surface area contributed by atoms with Crippen molar-refractivity contribution in [2.75, 3.05) is 11.1 Å². The van der Waals surface area contributed by atoms with Crippen molar-refractivity contribution in [1.29, 1.82) is 0 Å². The van der Waals surface area contributed by atoms with E-state index in [9.17, 15) is 4.79 Å². The van der Waals surface area contributed by atoms with Crippen molar-refractivity contribution >= 4 is 17.3 Å². The normalized spacial score (nSPS) is 10.3. The van der Waals surface area contributed by atoms with Crippen LogP contribution in [0.4, 0.5) is 11.4 Å². The lowest BCUT2D eigenvalue weighted by Gasteiger charge is -2.08. The van der Waals surface area contributed by atoms with Crippen LogP contribution in [0, 0.1) is 0 Å². The molecule has 1 heterocycles. The average Bonchev–Trinajstić information content (AvgIpc) is 3.02. The molecule has 0 spiro atoms. The number of aromatic nitrogens is 2. The number of carbonyl (C=O) groups is 1. The SMILES string of the molecule is Nc1ccccc1C(=O)Nc1ccc(-c2ccn[nH]2)cc1. The summed E-state index contributed by atoms with van der Waals surface area (Å²) in [7, 11) is 0. The summed E-state index contributed by atoms with van der Waals surface area (Å²) >= 11 is 0. The Kier molecular flexibility index (Phi) is 3.39. The molecule has 5 heteroatoms. The van der Waals surface area contributed by atoms with Gasteiger partial charge in [0.2, 0.25) is 0 Å². The Bertz CT molecular complexity index is 748. The van der Waals surface area contributed by atoms with E-state index >= 15 is 0 Å². The highest BCUT2D eigenvalue weighted by molar-refractivity contribution is 6.07. The quantitative estimate of drug-likeness (QED) is 0.644. The average molecular weight is 278 g/mol. The Morgan fingerprint density at radius 2 is 1.81 bits per heavy atom. The molecule has 0 saturated carbocycles. The van der Waals surface area contributed by atoms with Crippen LogP contribution in [-0.2, 0) is 0 Å². The van der Waals surface area contributed by atoms with Gasteiger partial charge in [0.1, 0.15) is 0 Å². The van der Waals surface area contributed by atoms with Gasteiger partial charge >= 0.3 is 0 Å². The van der Waals surface area contributed by atoms with E-state index in [1.165, 1.54) is 0 Å². The van der Waals surface area contributed by atoms with Crippen molar-refractivity contribution in [3.05, 3.63) is 66.4 Å². The van der Waals surface area contributed by atoms with Crippen molar-refractivity contribution in [2.45, 2.75) is 0 Å². The first kappa shape index (κ1) is 12.9. The largest absolute Gasteiger partial charge is 0.398 e. The van der Waals surface area contributed by atoms with Gasteiger partial charge in [0.25, 0.3) is 5.91 Å². The molecule has 2 aromatic carbocycles. The summed E-state index contributed by atoms with van der Waals surface area (Å²) in [6, 6.07) is 16.4. The monoisotopic (exact) mass is 278 g/mol. The summed E-state index contributed by atoms with van der Waals surface area (Å²) in [5, 5.41) is 9.63. The molecule has 104 valence electrons. The molecule has 21 heavy (non-hydrogen) atoms. The third-order valence-electron chi connectivity index (χ3n) is 3.16. The molecule has 0 saturated heterocycles. The van der Waals surface area contributed by atoms with Gasteiger partial charge in [0.15, 0.2) is 0 Å². The highest BCUT2D eigenvalue weighted by Gasteiger charge is 2.09. The Morgan fingerprint density at radius 1 is 1.05 bits per heavy atom. The summed E-state index contributed by atoms with van der Waals surface area (Å²) in [4.78, 5) is 12.1. The number of aromatic amines is 1. The van der Waals surface area contributed by atoms with Crippen LogP contribution in [0.5, 0.6) is 0 Å². The molecular formula is C16H14N4O. The fourth-order valence-electron chi connectivity index (χ4n) is 2.05. The lowest BCUT2D eigenvalue weighted by atomic mass is 10.1. The Morgan fingerprint density at radius 3 is 2.48 bits per heavy atom. The van der Waals surface area contributed by atoms with Gasteiger partial charge in [-0.25, -0.2) is 0 Å². The second-order valence-corrected chi connectivity index (χ2v) is 4.59. The fourth-order valence-corrected chi connectivity index (χ4v) is 2.05. The molecule has 0 unspecified atom stereocenters. The number of nitrogens with one attached hydrogen (secondary N) is 2. The molecule has 3 aromatic rings. The maximum absolute atomic E-state index is 12.1. The number of benzene rings is 2. The minimum atomic E-state index is -0.220. The first-order valence-electron chi connectivity index (χ1n) is 6.50. The summed E-state index contributed by atoms with van der Waals surface area (Å²) < 4.78 is 0. The van der Waals surface area contributed by atoms with E-state index in [1.54, 1.807) is 30.5 Å². The molecule has 0 aliphatic rings. The van der Waals surface area contributed by atoms with Crippen molar-refractivity contribution in [3.8, 4) is 11.3 Å². The topological polar surface area (TPSA) is 83.8 Å². The molecule has 0 fully saturated rings. The third-order valence-corrected chi connectivity index (χ3v) is 3.16. The molecule has 5 nitrogen and oxygen atoms in total. The van der Waals surface area contributed by atoms with E-state index in [-0.39, 0.29) is 5.91 Å². The van der Waals surface area contributed by atoms with Crippen LogP contribution in [0.2, 0.25) is 0 Å². The molecule has 1 aromatic heterocycles. The van der Waals surface area contributed by atoms with Crippen LogP contribution in [0.25, 0.3) is 11.3 Å². The van der Waals surface area contributed by atoms with Crippen LogP contribution >= 0.6 is 0 Å². The van der Waals surface area contributed by atoms with Gasteiger partial charge in [-0.05, 0) is 35.9 Å². The van der Waals surface area contributed by atoms with Gasteiger partial charge in [-0.15, -0.1) is 0 Å². The number of para-hydroxylation sites is 1. The standard InChI is InChI=1S/C16H14N4O/c17-14-4-2-1-3-13(14)16(21)19-12-7-5-11(6-8-12)15-9-10-18-20-15/h1-10H,17H2,(H,18,20)(H,19,21). The number of anilines is 2. The summed E-state index contributed by atoms with van der Waals surface area (Å²) in [5.41, 5.74) is 9.37. The number of nitrogens with zero attached hydrogens (tertiary/aromatic N) is 1. The first-order chi connectivity index (χ1) is 10.2. The maximum atomic E-state index is 12.1. The molecular weight excluding hydrogens is 264 g/mol. The molecule has 4 N–H and O–H groups in total. The second kappa shape index (κ2) is 5.50. The van der Waals surface area contributed by atoms with Gasteiger partial charge in [0, 0.05) is 17.6 Å². The molecule has 0 aliphatic carbocycles. The minimum Gasteiger partial charge on any atom is -0.398 e. The summed E-state index contributed by atoms with van der Waals surface area (Å²) in [5.74, 6) is -0.220. The van der Waals surface area contributed by atoms with Gasteiger partial charge in [-0.3, -0.25) is 9.89 Å². The number of carbonyl (C=O) groups excluding carboxylic acids is 1. The van der Waals surface area contributed by atoms with Gasteiger partial charge in [-0.1, -0.05) is 24.3 Å². The van der Waals surface area contributed by atoms with Crippen LogP contribution < -0.4 is 11.1 Å². The van der Waals surface area contributed by atoms with E-state index in [4.69, 9.17) is 5.73 Å². The number of nitrogens with two attached hydrogens (primary N) is 1. The smallest absolute Gasteiger partial charge is 0.257 e. The number of hydrogen-bond acceptors (Lipinski definition) is 3. The summed E-state index contributed by atoms with van der Waals surface area (Å²) in [6.45, 7) is 0. The molecule has 0 radical (unpaired) electrons. The minimum absolute atomic E-state index is 0.220. The number of nitrogen functional groups attached to an aromatic ring is 1. The predicted molar refractivity (Wildman–Crippen MR) is 82.8 cm³/mol. The van der Waals surface area contributed by atoms with Crippen molar-refractivity contribution in [2.24, 2.45) is 0 Å². The lowest BCUT2D eigenvalue weighted by molar-refractivity contribution is 0.102. The molecule has 0 atom stereocenters. The van der Waals surface area contributed by atoms with E-state index in [1.807, 2.05) is 30.3 Å². The zero-order chi connectivity index (χ0) is 14.7. The van der Waals surface area contributed by atoms with Gasteiger partial charge in [-0.2, -0.15) is 5.10 Å². The molecule has 0 bridgehead atoms. The van der Waals surface area contributed by atoms with Crippen LogP contribution in [-0.4, -0.2) is 16.1 Å². The highest BCUT2D eigenvalue weighted by atomic mass is 16.1. The number of amides is 1. The Hall–Kier alpha value is -3.08. The molecule has 3 rings (SSSR count). The van der Waals surface area contributed by atoms with Crippen LogP contribution in [0.3, 0.4) is 0 Å². The molecule has 1 amide bonds. The molecule has 0 aliphatic heterocycles. The second-order valence-electron chi connectivity index (χ2n) is 4.59. The maximum Gasteiger partial charge on any atom is 0.257 e. The van der Waals surface area contributed by atoms with E-state index in [0.29, 0.717) is 16.9 Å². The third kappa shape index (κ3) is 2.76. The Labute approximate surface area is 121 Å². The van der Waals surface area contributed by atoms with Gasteiger partial charge < -0.3 is 11.1 Å². The van der Waals surface area contributed by atoms with Crippen molar-refractivity contribution in [1.82, 2.24) is 10.2 Å². The number of hydrogen-bond donors (Lipinski definition) is 3. The Balaban J connectivity index is 1.77. The lowest BCUT2D eigenvalue weighted by Crippen LogP contribution is -2.13. The zero-order valence-electron chi connectivity index (χ0n) is 11.2. The highest BCUT2D eigenvalue weighted by Crippen LogP contribution is 2.20. The first-order valence-corrected chi connectivity index (χ1v) is 6.50. The fraction of sp³-hybridized carbons (Fsp3) is 0. The predicted octanol–water partition coefficient (Wildman–Crippen LogP) is 2.91.